The van der Waals surface area contributed by atoms with Gasteiger partial charge in [0, 0.05) is 19.2 Å². The number of carbonyl (C=O) groups excluding carboxylic acids is 1. The van der Waals surface area contributed by atoms with Crippen LogP contribution < -0.4 is 15.0 Å². The average molecular weight is 359 g/mol. The number of benzene rings is 1. The van der Waals surface area contributed by atoms with E-state index in [1.165, 1.54) is 0 Å². The van der Waals surface area contributed by atoms with Gasteiger partial charge in [-0.3, -0.25) is 4.79 Å². The number of amides is 1. The minimum Gasteiger partial charge on any atom is -0.497 e. The van der Waals surface area contributed by atoms with Crippen molar-refractivity contribution in [2.75, 3.05) is 25.1 Å². The summed E-state index contributed by atoms with van der Waals surface area (Å²) in [4.78, 5) is 23.0. The van der Waals surface area contributed by atoms with Crippen LogP contribution in [0.25, 0.3) is 10.2 Å². The lowest BCUT2D eigenvalue weighted by Crippen LogP contribution is -2.53. The maximum atomic E-state index is 12.2. The van der Waals surface area contributed by atoms with E-state index in [2.05, 4.69) is 25.3 Å². The lowest BCUT2D eigenvalue weighted by molar-refractivity contribution is -0.126. The van der Waals surface area contributed by atoms with Gasteiger partial charge in [-0.1, -0.05) is 16.5 Å². The number of rotatable bonds is 5. The summed E-state index contributed by atoms with van der Waals surface area (Å²) < 4.78 is 11.3. The molecule has 0 atom stereocenters. The molecular weight excluding hydrogens is 342 g/mol. The number of nitrogens with zero attached hydrogens (tertiary/aromatic N) is 4. The molecule has 0 bridgehead atoms. The van der Waals surface area contributed by atoms with Crippen LogP contribution in [0.4, 0.5) is 5.13 Å². The molecule has 0 aliphatic carbocycles. The smallest absolute Gasteiger partial charge is 0.246 e. The number of ether oxygens (including phenoxy) is 1. The molecule has 8 nitrogen and oxygen atoms in total. The minimum atomic E-state index is -0.0504. The van der Waals surface area contributed by atoms with Crippen LogP contribution >= 0.6 is 11.3 Å². The second-order valence-corrected chi connectivity index (χ2v) is 6.89. The lowest BCUT2D eigenvalue weighted by Gasteiger charge is -2.37. The molecule has 0 saturated carbocycles. The molecule has 1 N–H and O–H groups in total. The van der Waals surface area contributed by atoms with Crippen LogP contribution in [0.5, 0.6) is 5.75 Å². The normalized spacial score (nSPS) is 14.6. The first kappa shape index (κ1) is 15.8. The van der Waals surface area contributed by atoms with Gasteiger partial charge in [0.25, 0.3) is 0 Å². The second-order valence-electron chi connectivity index (χ2n) is 5.89. The molecule has 3 heterocycles. The van der Waals surface area contributed by atoms with Crippen molar-refractivity contribution >= 4 is 32.6 Å². The van der Waals surface area contributed by atoms with Gasteiger partial charge in [0.2, 0.25) is 11.8 Å². The summed E-state index contributed by atoms with van der Waals surface area (Å²) in [5.74, 6) is 1.72. The number of nitrogens with one attached hydrogen (secondary N) is 1. The third kappa shape index (κ3) is 3.14. The number of anilines is 1. The van der Waals surface area contributed by atoms with E-state index in [4.69, 9.17) is 9.26 Å². The molecule has 1 fully saturated rings. The fraction of sp³-hybridized carbons (Fsp3) is 0.375. The summed E-state index contributed by atoms with van der Waals surface area (Å²) in [6, 6.07) is 5.85. The van der Waals surface area contributed by atoms with E-state index in [0.29, 0.717) is 24.8 Å². The molecule has 0 radical (unpaired) electrons. The average Bonchev–Trinajstić information content (AvgIpc) is 3.16. The molecule has 4 rings (SSSR count). The van der Waals surface area contributed by atoms with Gasteiger partial charge in [0.1, 0.15) is 5.75 Å². The summed E-state index contributed by atoms with van der Waals surface area (Å²) in [6.45, 7) is 3.32. The highest BCUT2D eigenvalue weighted by Crippen LogP contribution is 2.34. The van der Waals surface area contributed by atoms with Gasteiger partial charge in [-0.15, -0.1) is 0 Å². The SMILES string of the molecule is COc1ccc2sc(N3CC(C(=O)NCc4nc(C)no4)C3)nc2c1. The highest BCUT2D eigenvalue weighted by Gasteiger charge is 2.34. The van der Waals surface area contributed by atoms with E-state index in [1.54, 1.807) is 25.4 Å². The Morgan fingerprint density at radius 1 is 1.44 bits per heavy atom. The number of hydrogen-bond acceptors (Lipinski definition) is 8. The number of aryl methyl sites for hydroxylation is 1. The van der Waals surface area contributed by atoms with Crippen molar-refractivity contribution in [2.24, 2.45) is 5.92 Å². The molecule has 1 aliphatic rings. The fourth-order valence-electron chi connectivity index (χ4n) is 2.68. The van der Waals surface area contributed by atoms with Crippen molar-refractivity contribution in [3.8, 4) is 5.75 Å². The van der Waals surface area contributed by atoms with Gasteiger partial charge in [0.15, 0.2) is 11.0 Å². The predicted molar refractivity (Wildman–Crippen MR) is 92.8 cm³/mol. The molecule has 1 amide bonds. The maximum absolute atomic E-state index is 12.2. The Bertz CT molecular complexity index is 916. The summed E-state index contributed by atoms with van der Waals surface area (Å²) in [6.07, 6.45) is 0. The highest BCUT2D eigenvalue weighted by atomic mass is 32.1. The van der Waals surface area contributed by atoms with Crippen LogP contribution in [0.2, 0.25) is 0 Å². The van der Waals surface area contributed by atoms with Crippen LogP contribution in [0.3, 0.4) is 0 Å². The summed E-state index contributed by atoms with van der Waals surface area (Å²) in [5.41, 5.74) is 0.916. The minimum absolute atomic E-state index is 0.00474. The molecule has 2 aromatic heterocycles. The van der Waals surface area contributed by atoms with Crippen molar-refractivity contribution in [1.82, 2.24) is 20.4 Å². The summed E-state index contributed by atoms with van der Waals surface area (Å²) in [7, 11) is 1.64. The Morgan fingerprint density at radius 2 is 2.28 bits per heavy atom. The number of hydrogen-bond donors (Lipinski definition) is 1. The van der Waals surface area contributed by atoms with Crippen molar-refractivity contribution in [2.45, 2.75) is 13.5 Å². The van der Waals surface area contributed by atoms with Gasteiger partial charge in [-0.25, -0.2) is 4.98 Å². The largest absolute Gasteiger partial charge is 0.497 e. The molecule has 9 heteroatoms. The van der Waals surface area contributed by atoms with E-state index < -0.39 is 0 Å². The van der Waals surface area contributed by atoms with Crippen molar-refractivity contribution < 1.29 is 14.1 Å². The first-order valence-corrected chi connectivity index (χ1v) is 8.70. The molecule has 1 saturated heterocycles. The Balaban J connectivity index is 1.34. The van der Waals surface area contributed by atoms with E-state index in [-0.39, 0.29) is 18.4 Å². The van der Waals surface area contributed by atoms with Gasteiger partial charge in [-0.2, -0.15) is 4.98 Å². The van der Waals surface area contributed by atoms with Crippen LogP contribution in [0.1, 0.15) is 11.7 Å². The Morgan fingerprint density at radius 3 is 3.00 bits per heavy atom. The molecular formula is C16H17N5O3S. The standard InChI is InChI=1S/C16H17N5O3S/c1-9-18-14(24-20-9)6-17-15(22)10-7-21(8-10)16-19-12-5-11(23-2)3-4-13(12)25-16/h3-5,10H,6-8H2,1-2H3,(H,17,22). The predicted octanol–water partition coefficient (Wildman–Crippen LogP) is 1.75. The number of fused-ring (bicyclic) bond motifs is 1. The lowest BCUT2D eigenvalue weighted by atomic mass is 10.0. The Labute approximate surface area is 147 Å². The molecule has 1 aromatic carbocycles. The molecule has 0 unspecified atom stereocenters. The van der Waals surface area contributed by atoms with Gasteiger partial charge >= 0.3 is 0 Å². The van der Waals surface area contributed by atoms with E-state index in [0.717, 1.165) is 21.1 Å². The zero-order valence-corrected chi connectivity index (χ0v) is 14.7. The third-order valence-corrected chi connectivity index (χ3v) is 5.19. The zero-order valence-electron chi connectivity index (χ0n) is 13.9. The van der Waals surface area contributed by atoms with Crippen molar-refractivity contribution in [3.63, 3.8) is 0 Å². The second kappa shape index (κ2) is 6.32. The van der Waals surface area contributed by atoms with Crippen LogP contribution in [0, 0.1) is 12.8 Å². The van der Waals surface area contributed by atoms with E-state index >= 15 is 0 Å². The zero-order chi connectivity index (χ0) is 17.4. The van der Waals surface area contributed by atoms with Gasteiger partial charge in [-0.05, 0) is 19.1 Å². The van der Waals surface area contributed by atoms with Crippen molar-refractivity contribution in [1.29, 1.82) is 0 Å². The van der Waals surface area contributed by atoms with Crippen LogP contribution in [-0.4, -0.2) is 41.2 Å². The summed E-state index contributed by atoms with van der Waals surface area (Å²) in [5, 5.41) is 7.46. The first-order valence-electron chi connectivity index (χ1n) is 7.89. The summed E-state index contributed by atoms with van der Waals surface area (Å²) >= 11 is 1.62. The van der Waals surface area contributed by atoms with Gasteiger partial charge < -0.3 is 19.5 Å². The van der Waals surface area contributed by atoms with Crippen molar-refractivity contribution in [3.05, 3.63) is 29.9 Å². The monoisotopic (exact) mass is 359 g/mol. The molecule has 130 valence electrons. The molecule has 3 aromatic rings. The molecule has 1 aliphatic heterocycles. The van der Waals surface area contributed by atoms with Crippen LogP contribution in [-0.2, 0) is 11.3 Å². The molecule has 0 spiro atoms. The quantitative estimate of drug-likeness (QED) is 0.742. The van der Waals surface area contributed by atoms with E-state index in [9.17, 15) is 4.79 Å². The maximum Gasteiger partial charge on any atom is 0.246 e. The number of methoxy groups -OCH3 is 1. The number of thiazole rings is 1. The highest BCUT2D eigenvalue weighted by molar-refractivity contribution is 7.22. The van der Waals surface area contributed by atoms with Crippen LogP contribution in [0.15, 0.2) is 22.7 Å². The van der Waals surface area contributed by atoms with E-state index in [1.807, 2.05) is 18.2 Å². The number of carbonyl (C=O) groups is 1. The number of aromatic nitrogens is 3. The molecule has 25 heavy (non-hydrogen) atoms. The third-order valence-electron chi connectivity index (χ3n) is 4.09. The van der Waals surface area contributed by atoms with Gasteiger partial charge in [0.05, 0.1) is 29.8 Å². The Kier molecular flexibility index (Phi) is 4.00. The Hall–Kier alpha value is -2.68. The topological polar surface area (TPSA) is 93.4 Å². The fourth-order valence-corrected chi connectivity index (χ4v) is 3.64. The first-order chi connectivity index (χ1) is 12.1.